The number of Topliss-reactive ketones (excluding diaryl/α,β-unsaturated/α-hetero) is 1. The van der Waals surface area contributed by atoms with E-state index in [1.165, 1.54) is 11.8 Å². The standard InChI is InChI=1S/C18H17NO4S/c20-16(13-5-2-1-3-6-13)12-24-15-8-4-7-14(11-15)18(23)19-10-9-17(21)22/h1-8,11H,9-10,12H2,(H,19,23)(H,21,22). The third-order valence-electron chi connectivity index (χ3n) is 3.19. The van der Waals surface area contributed by atoms with E-state index in [0.717, 1.165) is 4.90 Å². The van der Waals surface area contributed by atoms with Gasteiger partial charge < -0.3 is 10.4 Å². The average molecular weight is 343 g/mol. The minimum Gasteiger partial charge on any atom is -0.481 e. The molecule has 0 radical (unpaired) electrons. The van der Waals surface area contributed by atoms with Crippen LogP contribution in [0.25, 0.3) is 0 Å². The molecule has 1 amide bonds. The molecule has 0 bridgehead atoms. The fourth-order valence-corrected chi connectivity index (χ4v) is 2.82. The molecule has 0 unspecified atom stereocenters. The van der Waals surface area contributed by atoms with Crippen LogP contribution in [0.15, 0.2) is 59.5 Å². The van der Waals surface area contributed by atoms with E-state index in [2.05, 4.69) is 5.32 Å². The number of nitrogens with one attached hydrogen (secondary N) is 1. The first-order valence-corrected chi connectivity index (χ1v) is 8.36. The van der Waals surface area contributed by atoms with Crippen molar-refractivity contribution in [1.29, 1.82) is 0 Å². The molecule has 0 atom stereocenters. The molecule has 2 aromatic rings. The highest BCUT2D eigenvalue weighted by Crippen LogP contribution is 2.20. The molecule has 2 rings (SSSR count). The fraction of sp³-hybridized carbons (Fsp3) is 0.167. The van der Waals surface area contributed by atoms with Gasteiger partial charge in [0.1, 0.15) is 0 Å². The molecular weight excluding hydrogens is 326 g/mol. The average Bonchev–Trinajstić information content (AvgIpc) is 2.60. The van der Waals surface area contributed by atoms with Crippen LogP contribution in [0.2, 0.25) is 0 Å². The van der Waals surface area contributed by atoms with E-state index >= 15 is 0 Å². The van der Waals surface area contributed by atoms with Crippen molar-refractivity contribution in [2.75, 3.05) is 12.3 Å². The molecule has 0 fully saturated rings. The third kappa shape index (κ3) is 5.55. The highest BCUT2D eigenvalue weighted by Gasteiger charge is 2.09. The summed E-state index contributed by atoms with van der Waals surface area (Å²) in [6.07, 6.45) is -0.119. The lowest BCUT2D eigenvalue weighted by atomic mass is 10.2. The summed E-state index contributed by atoms with van der Waals surface area (Å²) < 4.78 is 0. The first-order chi connectivity index (χ1) is 11.6. The predicted octanol–water partition coefficient (Wildman–Crippen LogP) is 2.87. The van der Waals surface area contributed by atoms with Crippen LogP contribution in [-0.2, 0) is 4.79 Å². The van der Waals surface area contributed by atoms with E-state index in [9.17, 15) is 14.4 Å². The Balaban J connectivity index is 1.91. The molecule has 0 heterocycles. The van der Waals surface area contributed by atoms with Crippen molar-refractivity contribution in [3.63, 3.8) is 0 Å². The summed E-state index contributed by atoms with van der Waals surface area (Å²) in [6, 6.07) is 16.0. The molecule has 0 aliphatic heterocycles. The molecule has 0 spiro atoms. The number of aliphatic carboxylic acids is 1. The molecule has 24 heavy (non-hydrogen) atoms. The smallest absolute Gasteiger partial charge is 0.305 e. The van der Waals surface area contributed by atoms with Gasteiger partial charge in [-0.1, -0.05) is 36.4 Å². The van der Waals surface area contributed by atoms with Crippen LogP contribution < -0.4 is 5.32 Å². The second kappa shape index (κ2) is 8.88. The number of thioether (sulfide) groups is 1. The van der Waals surface area contributed by atoms with E-state index in [4.69, 9.17) is 5.11 Å². The number of ketones is 1. The van der Waals surface area contributed by atoms with E-state index in [0.29, 0.717) is 11.1 Å². The van der Waals surface area contributed by atoms with Crippen LogP contribution in [-0.4, -0.2) is 35.1 Å². The van der Waals surface area contributed by atoms with Crippen molar-refractivity contribution in [3.8, 4) is 0 Å². The highest BCUT2D eigenvalue weighted by molar-refractivity contribution is 8.00. The first kappa shape index (κ1) is 17.7. The van der Waals surface area contributed by atoms with Crippen LogP contribution in [0.3, 0.4) is 0 Å². The van der Waals surface area contributed by atoms with Crippen molar-refractivity contribution in [2.24, 2.45) is 0 Å². The van der Waals surface area contributed by atoms with Gasteiger partial charge >= 0.3 is 5.97 Å². The van der Waals surface area contributed by atoms with Crippen LogP contribution >= 0.6 is 11.8 Å². The van der Waals surface area contributed by atoms with Crippen LogP contribution in [0, 0.1) is 0 Å². The number of carbonyl (C=O) groups excluding carboxylic acids is 2. The summed E-state index contributed by atoms with van der Waals surface area (Å²) in [5, 5.41) is 11.1. The van der Waals surface area contributed by atoms with Gasteiger partial charge in [0.05, 0.1) is 12.2 Å². The topological polar surface area (TPSA) is 83.5 Å². The number of amides is 1. The quantitative estimate of drug-likeness (QED) is 0.569. The number of rotatable bonds is 8. The normalized spacial score (nSPS) is 10.2. The molecule has 2 N–H and O–H groups in total. The Morgan fingerprint density at radius 1 is 0.958 bits per heavy atom. The van der Waals surface area contributed by atoms with Gasteiger partial charge in [-0.15, -0.1) is 11.8 Å². The predicted molar refractivity (Wildman–Crippen MR) is 92.5 cm³/mol. The van der Waals surface area contributed by atoms with Crippen LogP contribution in [0.5, 0.6) is 0 Å². The maximum absolute atomic E-state index is 12.1. The van der Waals surface area contributed by atoms with Crippen LogP contribution in [0.1, 0.15) is 27.1 Å². The number of carboxylic acids is 1. The molecule has 0 aliphatic carbocycles. The van der Waals surface area contributed by atoms with Crippen molar-refractivity contribution < 1.29 is 19.5 Å². The molecule has 0 aliphatic rings. The lowest BCUT2D eigenvalue weighted by Crippen LogP contribution is -2.25. The van der Waals surface area contributed by atoms with Gasteiger partial charge in [-0.2, -0.15) is 0 Å². The molecule has 124 valence electrons. The number of hydrogen-bond donors (Lipinski definition) is 2. The summed E-state index contributed by atoms with van der Waals surface area (Å²) >= 11 is 1.36. The lowest BCUT2D eigenvalue weighted by molar-refractivity contribution is -0.136. The van der Waals surface area contributed by atoms with Gasteiger partial charge in [-0.05, 0) is 18.2 Å². The minimum atomic E-state index is -0.959. The monoisotopic (exact) mass is 343 g/mol. The summed E-state index contributed by atoms with van der Waals surface area (Å²) in [7, 11) is 0. The first-order valence-electron chi connectivity index (χ1n) is 7.37. The zero-order valence-electron chi connectivity index (χ0n) is 12.9. The van der Waals surface area contributed by atoms with Crippen molar-refractivity contribution >= 4 is 29.4 Å². The fourth-order valence-electron chi connectivity index (χ4n) is 1.97. The van der Waals surface area contributed by atoms with Gasteiger partial charge in [0, 0.05) is 22.6 Å². The van der Waals surface area contributed by atoms with Crippen LogP contribution in [0.4, 0.5) is 0 Å². The van der Waals surface area contributed by atoms with Crippen molar-refractivity contribution in [2.45, 2.75) is 11.3 Å². The Morgan fingerprint density at radius 2 is 1.67 bits per heavy atom. The Bertz CT molecular complexity index is 731. The van der Waals surface area contributed by atoms with Gasteiger partial charge in [0.2, 0.25) is 0 Å². The largest absolute Gasteiger partial charge is 0.481 e. The third-order valence-corrected chi connectivity index (χ3v) is 4.18. The number of carbonyl (C=O) groups is 3. The number of carboxylic acid groups (broad SMARTS) is 1. The Labute approximate surface area is 144 Å². The molecule has 0 saturated carbocycles. The summed E-state index contributed by atoms with van der Waals surface area (Å²) in [4.78, 5) is 35.3. The molecule has 0 aromatic heterocycles. The van der Waals surface area contributed by atoms with Gasteiger partial charge in [-0.3, -0.25) is 14.4 Å². The van der Waals surface area contributed by atoms with E-state index < -0.39 is 5.97 Å². The van der Waals surface area contributed by atoms with Gasteiger partial charge in [0.25, 0.3) is 5.91 Å². The summed E-state index contributed by atoms with van der Waals surface area (Å²) in [5.41, 5.74) is 1.10. The molecule has 6 heteroatoms. The number of hydrogen-bond acceptors (Lipinski definition) is 4. The lowest BCUT2D eigenvalue weighted by Gasteiger charge is -2.06. The van der Waals surface area contributed by atoms with Crippen molar-refractivity contribution in [3.05, 3.63) is 65.7 Å². The van der Waals surface area contributed by atoms with Gasteiger partial charge in [0.15, 0.2) is 5.78 Å². The van der Waals surface area contributed by atoms with E-state index in [1.807, 2.05) is 24.3 Å². The molecule has 0 saturated heterocycles. The number of benzene rings is 2. The SMILES string of the molecule is O=C(O)CCNC(=O)c1cccc(SCC(=O)c2ccccc2)c1. The second-order valence-electron chi connectivity index (χ2n) is 5.01. The highest BCUT2D eigenvalue weighted by atomic mass is 32.2. The second-order valence-corrected chi connectivity index (χ2v) is 6.05. The summed E-state index contributed by atoms with van der Waals surface area (Å²) in [6.45, 7) is 0.0814. The maximum atomic E-state index is 12.1. The maximum Gasteiger partial charge on any atom is 0.305 e. The molecular formula is C18H17NO4S. The van der Waals surface area contributed by atoms with E-state index in [-0.39, 0.29) is 30.4 Å². The van der Waals surface area contributed by atoms with Gasteiger partial charge in [-0.25, -0.2) is 0 Å². The van der Waals surface area contributed by atoms with Crippen molar-refractivity contribution in [1.82, 2.24) is 5.32 Å². The zero-order valence-corrected chi connectivity index (χ0v) is 13.7. The van der Waals surface area contributed by atoms with E-state index in [1.54, 1.807) is 30.3 Å². The summed E-state index contributed by atoms with van der Waals surface area (Å²) in [5.74, 6) is -0.974. The Morgan fingerprint density at radius 3 is 2.38 bits per heavy atom. The molecule has 2 aromatic carbocycles. The Hall–Kier alpha value is -2.60. The molecule has 5 nitrogen and oxygen atoms in total. The zero-order chi connectivity index (χ0) is 17.4. The minimum absolute atomic E-state index is 0.0249. The Kier molecular flexibility index (Phi) is 6.57.